The van der Waals surface area contributed by atoms with Gasteiger partial charge in [0.05, 0.1) is 4.88 Å². The maximum atomic E-state index is 13.0. The summed E-state index contributed by atoms with van der Waals surface area (Å²) in [6.07, 6.45) is 2.11. The van der Waals surface area contributed by atoms with Crippen molar-refractivity contribution in [3.8, 4) is 10.4 Å². The van der Waals surface area contributed by atoms with Crippen LogP contribution in [-0.2, 0) is 11.8 Å². The van der Waals surface area contributed by atoms with Gasteiger partial charge in [-0.15, -0.1) is 23.7 Å². The average Bonchev–Trinajstić information content (AvgIpc) is 3.21. The first kappa shape index (κ1) is 19.4. The van der Waals surface area contributed by atoms with Gasteiger partial charge in [0.15, 0.2) is 0 Å². The Labute approximate surface area is 166 Å². The summed E-state index contributed by atoms with van der Waals surface area (Å²) in [5.74, 6) is 0.802. The molecule has 2 aliphatic rings. The van der Waals surface area contributed by atoms with Crippen molar-refractivity contribution in [2.75, 3.05) is 26.7 Å². The Balaban J connectivity index is 0.00000196. The molecule has 0 spiro atoms. The monoisotopic (exact) mass is 390 g/mol. The first-order valence-electron chi connectivity index (χ1n) is 9.16. The van der Waals surface area contributed by atoms with Gasteiger partial charge < -0.3 is 10.2 Å². The number of hydrogen-bond acceptors (Lipinski definition) is 3. The highest BCUT2D eigenvalue weighted by atomic mass is 35.5. The number of amides is 1. The SMILES string of the molecule is CNCC1CCN(C(=O)c2cc3c(s2)-c2ccccc2C(C)(C)C3)C1.Cl. The van der Waals surface area contributed by atoms with Gasteiger partial charge in [0.2, 0.25) is 0 Å². The number of rotatable bonds is 3. The summed E-state index contributed by atoms with van der Waals surface area (Å²) in [7, 11) is 1.98. The van der Waals surface area contributed by atoms with E-state index in [1.54, 1.807) is 11.3 Å². The Kier molecular flexibility index (Phi) is 5.48. The number of thiophene rings is 1. The van der Waals surface area contributed by atoms with Crippen LogP contribution < -0.4 is 5.32 Å². The Morgan fingerprint density at radius 3 is 2.88 bits per heavy atom. The lowest BCUT2D eigenvalue weighted by atomic mass is 9.73. The van der Waals surface area contributed by atoms with E-state index in [0.717, 1.165) is 37.4 Å². The second-order valence-electron chi connectivity index (χ2n) is 8.03. The molecular formula is C21H27ClN2OS. The van der Waals surface area contributed by atoms with Gasteiger partial charge in [0.1, 0.15) is 0 Å². The molecule has 3 nitrogen and oxygen atoms in total. The van der Waals surface area contributed by atoms with Gasteiger partial charge in [0.25, 0.3) is 5.91 Å². The van der Waals surface area contributed by atoms with Crippen molar-refractivity contribution in [1.29, 1.82) is 0 Å². The molecule has 0 radical (unpaired) electrons. The fourth-order valence-electron chi connectivity index (χ4n) is 4.36. The van der Waals surface area contributed by atoms with Crippen LogP contribution in [0.5, 0.6) is 0 Å². The number of fused-ring (bicyclic) bond motifs is 3. The number of carbonyl (C=O) groups is 1. The van der Waals surface area contributed by atoms with E-state index in [9.17, 15) is 4.79 Å². The molecule has 1 fully saturated rings. The van der Waals surface area contributed by atoms with E-state index in [-0.39, 0.29) is 23.7 Å². The molecule has 26 heavy (non-hydrogen) atoms. The second kappa shape index (κ2) is 7.34. The summed E-state index contributed by atoms with van der Waals surface area (Å²) in [5, 5.41) is 3.23. The number of benzene rings is 1. The van der Waals surface area contributed by atoms with Crippen molar-refractivity contribution in [3.05, 3.63) is 46.3 Å². The van der Waals surface area contributed by atoms with E-state index in [2.05, 4.69) is 49.5 Å². The zero-order valence-electron chi connectivity index (χ0n) is 15.7. The smallest absolute Gasteiger partial charge is 0.263 e. The molecule has 1 amide bonds. The predicted molar refractivity (Wildman–Crippen MR) is 112 cm³/mol. The number of nitrogens with one attached hydrogen (secondary N) is 1. The van der Waals surface area contributed by atoms with Crippen molar-refractivity contribution in [1.82, 2.24) is 10.2 Å². The molecule has 5 heteroatoms. The van der Waals surface area contributed by atoms with Gasteiger partial charge in [-0.2, -0.15) is 0 Å². The quantitative estimate of drug-likeness (QED) is 0.844. The lowest BCUT2D eigenvalue weighted by molar-refractivity contribution is 0.0792. The van der Waals surface area contributed by atoms with E-state index >= 15 is 0 Å². The molecule has 1 aliphatic heterocycles. The minimum Gasteiger partial charge on any atom is -0.338 e. The van der Waals surface area contributed by atoms with Gasteiger partial charge in [0, 0.05) is 18.0 Å². The molecule has 1 aromatic heterocycles. The molecular weight excluding hydrogens is 364 g/mol. The molecule has 2 aromatic rings. The Morgan fingerprint density at radius 2 is 2.12 bits per heavy atom. The highest BCUT2D eigenvalue weighted by Crippen LogP contribution is 2.46. The molecule has 1 aliphatic carbocycles. The Morgan fingerprint density at radius 1 is 1.35 bits per heavy atom. The van der Waals surface area contributed by atoms with Crippen LogP contribution in [0, 0.1) is 5.92 Å². The zero-order chi connectivity index (χ0) is 17.6. The molecule has 1 atom stereocenters. The van der Waals surface area contributed by atoms with Gasteiger partial charge in [-0.25, -0.2) is 0 Å². The molecule has 0 bridgehead atoms. The summed E-state index contributed by atoms with van der Waals surface area (Å²) >= 11 is 1.68. The zero-order valence-corrected chi connectivity index (χ0v) is 17.3. The maximum absolute atomic E-state index is 13.0. The van der Waals surface area contributed by atoms with Crippen LogP contribution >= 0.6 is 23.7 Å². The van der Waals surface area contributed by atoms with Crippen molar-refractivity contribution in [2.24, 2.45) is 5.92 Å². The Hall–Kier alpha value is -1.36. The first-order valence-corrected chi connectivity index (χ1v) is 9.98. The van der Waals surface area contributed by atoms with Crippen LogP contribution in [-0.4, -0.2) is 37.5 Å². The number of halogens is 1. The molecule has 1 aromatic carbocycles. The lowest BCUT2D eigenvalue weighted by Gasteiger charge is -2.32. The van der Waals surface area contributed by atoms with Crippen LogP contribution in [0.3, 0.4) is 0 Å². The molecule has 1 unspecified atom stereocenters. The van der Waals surface area contributed by atoms with Crippen molar-refractivity contribution >= 4 is 29.7 Å². The minimum atomic E-state index is 0. The summed E-state index contributed by atoms with van der Waals surface area (Å²) in [5.41, 5.74) is 4.17. The van der Waals surface area contributed by atoms with E-state index in [0.29, 0.717) is 5.92 Å². The van der Waals surface area contributed by atoms with Gasteiger partial charge >= 0.3 is 0 Å². The van der Waals surface area contributed by atoms with Crippen molar-refractivity contribution in [2.45, 2.75) is 32.1 Å². The van der Waals surface area contributed by atoms with E-state index in [1.165, 1.54) is 21.6 Å². The van der Waals surface area contributed by atoms with Gasteiger partial charge in [-0.1, -0.05) is 38.1 Å². The molecule has 140 valence electrons. The average molecular weight is 391 g/mol. The number of carbonyl (C=O) groups excluding carboxylic acids is 1. The summed E-state index contributed by atoms with van der Waals surface area (Å²) < 4.78 is 0. The van der Waals surface area contributed by atoms with Crippen LogP contribution in [0.25, 0.3) is 10.4 Å². The largest absolute Gasteiger partial charge is 0.338 e. The van der Waals surface area contributed by atoms with Gasteiger partial charge in [-0.3, -0.25) is 4.79 Å². The molecule has 1 saturated heterocycles. The highest BCUT2D eigenvalue weighted by Gasteiger charge is 2.34. The predicted octanol–water partition coefficient (Wildman–Crippen LogP) is 4.35. The first-order chi connectivity index (χ1) is 12.0. The fourth-order valence-corrected chi connectivity index (χ4v) is 5.55. The summed E-state index contributed by atoms with van der Waals surface area (Å²) in [6.45, 7) is 7.36. The van der Waals surface area contributed by atoms with E-state index in [1.807, 2.05) is 11.9 Å². The van der Waals surface area contributed by atoms with E-state index in [4.69, 9.17) is 0 Å². The van der Waals surface area contributed by atoms with Crippen molar-refractivity contribution in [3.63, 3.8) is 0 Å². The molecule has 1 N–H and O–H groups in total. The fraction of sp³-hybridized carbons (Fsp3) is 0.476. The molecule has 0 saturated carbocycles. The third kappa shape index (κ3) is 3.30. The summed E-state index contributed by atoms with van der Waals surface area (Å²) in [6, 6.07) is 10.8. The van der Waals surface area contributed by atoms with E-state index < -0.39 is 0 Å². The standard InChI is InChI=1S/C21H26N2OS.ClH/c1-21(2)11-15-10-18(20(24)23-9-8-14(13-23)12-22-3)25-19(15)16-6-4-5-7-17(16)21;/h4-7,10,14,22H,8-9,11-13H2,1-3H3;1H. The molecule has 4 rings (SSSR count). The van der Waals surface area contributed by atoms with Gasteiger partial charge in [-0.05, 0) is 60.5 Å². The minimum absolute atomic E-state index is 0. The number of nitrogens with zero attached hydrogens (tertiary/aromatic N) is 1. The van der Waals surface area contributed by atoms with Crippen LogP contribution in [0.2, 0.25) is 0 Å². The van der Waals surface area contributed by atoms with Crippen molar-refractivity contribution < 1.29 is 4.79 Å². The van der Waals surface area contributed by atoms with Crippen LogP contribution in [0.1, 0.15) is 41.1 Å². The second-order valence-corrected chi connectivity index (χ2v) is 9.09. The Bertz CT molecular complexity index is 814. The lowest BCUT2D eigenvalue weighted by Crippen LogP contribution is -2.29. The topological polar surface area (TPSA) is 32.3 Å². The maximum Gasteiger partial charge on any atom is 0.263 e. The normalized spacial score (nSPS) is 20.3. The van der Waals surface area contributed by atoms with Crippen LogP contribution in [0.15, 0.2) is 30.3 Å². The van der Waals surface area contributed by atoms with Crippen LogP contribution in [0.4, 0.5) is 0 Å². The highest BCUT2D eigenvalue weighted by molar-refractivity contribution is 7.17. The summed E-state index contributed by atoms with van der Waals surface area (Å²) in [4.78, 5) is 17.2. The molecule has 2 heterocycles. The third-order valence-corrected chi connectivity index (χ3v) is 6.82. The third-order valence-electron chi connectivity index (χ3n) is 5.62. The number of likely N-dealkylation sites (tertiary alicyclic amines) is 1. The number of hydrogen-bond donors (Lipinski definition) is 1.